The van der Waals surface area contributed by atoms with E-state index in [1.807, 2.05) is 49.9 Å². The molecule has 210 valence electrons. The van der Waals surface area contributed by atoms with Crippen LogP contribution in [-0.4, -0.2) is 75.2 Å². The van der Waals surface area contributed by atoms with Gasteiger partial charge in [0.25, 0.3) is 0 Å². The first-order valence-corrected chi connectivity index (χ1v) is 13.4. The fourth-order valence-electron chi connectivity index (χ4n) is 4.46. The van der Waals surface area contributed by atoms with Gasteiger partial charge in [-0.15, -0.1) is 0 Å². The van der Waals surface area contributed by atoms with E-state index in [2.05, 4.69) is 16.9 Å². The third-order valence-electron chi connectivity index (χ3n) is 6.55. The van der Waals surface area contributed by atoms with Crippen molar-refractivity contribution >= 4 is 23.6 Å². The SMILES string of the molecule is CCCCC(CC)N(O)c1nc(N)nc(C)c1CCCN(Cc1ccc(CC(=O)O)cc1)C(=O)CN(C)C. The molecule has 1 amide bonds. The van der Waals surface area contributed by atoms with Gasteiger partial charge < -0.3 is 20.6 Å². The summed E-state index contributed by atoms with van der Waals surface area (Å²) in [4.78, 5) is 36.4. The van der Waals surface area contributed by atoms with Crippen LogP contribution in [0, 0.1) is 6.92 Å². The van der Waals surface area contributed by atoms with Crippen LogP contribution in [0.2, 0.25) is 0 Å². The van der Waals surface area contributed by atoms with Gasteiger partial charge in [-0.3, -0.25) is 14.8 Å². The summed E-state index contributed by atoms with van der Waals surface area (Å²) < 4.78 is 0. The van der Waals surface area contributed by atoms with Gasteiger partial charge in [0.1, 0.15) is 0 Å². The molecule has 1 heterocycles. The lowest BCUT2D eigenvalue weighted by Gasteiger charge is -2.29. The molecule has 0 radical (unpaired) electrons. The minimum absolute atomic E-state index is 0.00418. The molecule has 0 bridgehead atoms. The molecule has 1 atom stereocenters. The lowest BCUT2D eigenvalue weighted by molar-refractivity contribution is -0.136. The van der Waals surface area contributed by atoms with Gasteiger partial charge in [-0.2, -0.15) is 4.98 Å². The second-order valence-corrected chi connectivity index (χ2v) is 10.1. The number of hydrogen-bond donors (Lipinski definition) is 3. The fourth-order valence-corrected chi connectivity index (χ4v) is 4.46. The monoisotopic (exact) mass is 528 g/mol. The number of carbonyl (C=O) groups is 2. The highest BCUT2D eigenvalue weighted by Gasteiger charge is 2.23. The highest BCUT2D eigenvalue weighted by atomic mass is 16.5. The van der Waals surface area contributed by atoms with Gasteiger partial charge in [-0.05, 0) is 57.8 Å². The Morgan fingerprint density at radius 3 is 2.29 bits per heavy atom. The number of carbonyl (C=O) groups excluding carboxylic acids is 1. The van der Waals surface area contributed by atoms with Crippen molar-refractivity contribution in [3.8, 4) is 0 Å². The van der Waals surface area contributed by atoms with E-state index < -0.39 is 5.97 Å². The van der Waals surface area contributed by atoms with Crippen LogP contribution < -0.4 is 10.8 Å². The molecule has 0 saturated carbocycles. The first-order chi connectivity index (χ1) is 18.0. The summed E-state index contributed by atoms with van der Waals surface area (Å²) in [6.45, 7) is 7.25. The third-order valence-corrected chi connectivity index (χ3v) is 6.55. The maximum atomic E-state index is 13.0. The number of carboxylic acids is 1. The topological polar surface area (TPSA) is 136 Å². The number of nitrogens with two attached hydrogens (primary N) is 1. The van der Waals surface area contributed by atoms with Crippen LogP contribution in [0.4, 0.5) is 11.8 Å². The Balaban J connectivity index is 2.19. The van der Waals surface area contributed by atoms with Crippen molar-refractivity contribution in [3.63, 3.8) is 0 Å². The first-order valence-electron chi connectivity index (χ1n) is 13.4. The largest absolute Gasteiger partial charge is 0.481 e. The van der Waals surface area contributed by atoms with E-state index in [1.54, 1.807) is 12.1 Å². The second kappa shape index (κ2) is 15.2. The highest BCUT2D eigenvalue weighted by Crippen LogP contribution is 2.26. The van der Waals surface area contributed by atoms with Crippen molar-refractivity contribution in [1.82, 2.24) is 19.8 Å². The number of hydrogen-bond acceptors (Lipinski definition) is 8. The number of nitrogens with zero attached hydrogens (tertiary/aromatic N) is 5. The van der Waals surface area contributed by atoms with E-state index in [0.29, 0.717) is 31.7 Å². The third kappa shape index (κ3) is 9.57. The maximum Gasteiger partial charge on any atom is 0.307 e. The summed E-state index contributed by atoms with van der Waals surface area (Å²) in [6, 6.07) is 7.25. The fraction of sp³-hybridized carbons (Fsp3) is 0.571. The smallest absolute Gasteiger partial charge is 0.307 e. The van der Waals surface area contributed by atoms with E-state index in [0.717, 1.165) is 48.1 Å². The molecule has 38 heavy (non-hydrogen) atoms. The standard InChI is InChI=1S/C28H44N6O4/c1-6-8-10-23(7-2)34(38)27-24(20(3)30-28(29)31-27)11-9-16-33(25(35)19-32(4)5)18-22-14-12-21(13-15-22)17-26(36)37/h12-15,23,38H,6-11,16-19H2,1-5H3,(H,36,37)(H2,29,30,31). The van der Waals surface area contributed by atoms with Crippen LogP contribution in [-0.2, 0) is 29.0 Å². The minimum Gasteiger partial charge on any atom is -0.481 e. The van der Waals surface area contributed by atoms with E-state index >= 15 is 0 Å². The van der Waals surface area contributed by atoms with Crippen molar-refractivity contribution < 1.29 is 19.9 Å². The number of aliphatic carboxylic acids is 1. The van der Waals surface area contributed by atoms with Crippen molar-refractivity contribution in [2.75, 3.05) is 38.0 Å². The molecule has 1 aromatic carbocycles. The van der Waals surface area contributed by atoms with E-state index in [9.17, 15) is 14.8 Å². The molecule has 10 heteroatoms. The number of benzene rings is 1. The van der Waals surface area contributed by atoms with Crippen LogP contribution in [0.15, 0.2) is 24.3 Å². The summed E-state index contributed by atoms with van der Waals surface area (Å²) in [7, 11) is 3.72. The molecule has 2 rings (SSSR count). The molecule has 0 aliphatic heterocycles. The molecular formula is C28H44N6O4. The average molecular weight is 529 g/mol. The lowest BCUT2D eigenvalue weighted by Crippen LogP contribution is -2.38. The molecule has 1 unspecified atom stereocenters. The Morgan fingerprint density at radius 2 is 1.71 bits per heavy atom. The summed E-state index contributed by atoms with van der Waals surface area (Å²) in [5.74, 6) is -0.304. The van der Waals surface area contributed by atoms with Crippen molar-refractivity contribution in [2.24, 2.45) is 0 Å². The predicted molar refractivity (Wildman–Crippen MR) is 149 cm³/mol. The predicted octanol–water partition coefficient (Wildman–Crippen LogP) is 3.68. The van der Waals surface area contributed by atoms with Gasteiger partial charge in [0.05, 0.1) is 19.0 Å². The minimum atomic E-state index is -0.876. The molecule has 0 aliphatic carbocycles. The Kier molecular flexibility index (Phi) is 12.4. The number of likely N-dealkylation sites (N-methyl/N-ethyl adjacent to an activating group) is 1. The van der Waals surface area contributed by atoms with Gasteiger partial charge in [-0.25, -0.2) is 10.0 Å². The number of aromatic nitrogens is 2. The summed E-state index contributed by atoms with van der Waals surface area (Å²) in [5.41, 5.74) is 9.14. The zero-order valence-electron chi connectivity index (χ0n) is 23.5. The molecule has 0 aliphatic rings. The number of aryl methyl sites for hydroxylation is 1. The van der Waals surface area contributed by atoms with Crippen LogP contribution in [0.5, 0.6) is 0 Å². The van der Waals surface area contributed by atoms with Crippen molar-refractivity contribution in [3.05, 3.63) is 46.6 Å². The molecule has 0 fully saturated rings. The van der Waals surface area contributed by atoms with Crippen LogP contribution in [0.3, 0.4) is 0 Å². The van der Waals surface area contributed by atoms with E-state index in [4.69, 9.17) is 10.8 Å². The number of rotatable bonds is 16. The van der Waals surface area contributed by atoms with Crippen LogP contribution in [0.25, 0.3) is 0 Å². The van der Waals surface area contributed by atoms with E-state index in [-0.39, 0.29) is 30.9 Å². The molecule has 4 N–H and O–H groups in total. The summed E-state index contributed by atoms with van der Waals surface area (Å²) in [6.07, 6.45) is 4.87. The second-order valence-electron chi connectivity index (χ2n) is 10.1. The van der Waals surface area contributed by atoms with Crippen LogP contribution >= 0.6 is 0 Å². The summed E-state index contributed by atoms with van der Waals surface area (Å²) in [5, 5.41) is 21.3. The maximum absolute atomic E-state index is 13.0. The molecule has 0 saturated heterocycles. The summed E-state index contributed by atoms with van der Waals surface area (Å²) >= 11 is 0. The van der Waals surface area contributed by atoms with Crippen molar-refractivity contribution in [1.29, 1.82) is 0 Å². The molecule has 10 nitrogen and oxygen atoms in total. The van der Waals surface area contributed by atoms with Gasteiger partial charge in [-0.1, -0.05) is 51.0 Å². The van der Waals surface area contributed by atoms with Gasteiger partial charge in [0.15, 0.2) is 5.82 Å². The molecule has 1 aromatic heterocycles. The number of amides is 1. The van der Waals surface area contributed by atoms with Crippen LogP contribution in [0.1, 0.15) is 68.3 Å². The van der Waals surface area contributed by atoms with Gasteiger partial charge >= 0.3 is 5.97 Å². The highest BCUT2D eigenvalue weighted by molar-refractivity contribution is 5.78. The average Bonchev–Trinajstić information content (AvgIpc) is 2.85. The van der Waals surface area contributed by atoms with Gasteiger partial charge in [0.2, 0.25) is 11.9 Å². The Morgan fingerprint density at radius 1 is 1.05 bits per heavy atom. The number of hydroxylamine groups is 1. The Hall–Kier alpha value is -3.24. The lowest BCUT2D eigenvalue weighted by atomic mass is 10.0. The Bertz CT molecular complexity index is 1040. The first kappa shape index (κ1) is 31.0. The molecule has 2 aromatic rings. The Labute approximate surface area is 226 Å². The molecular weight excluding hydrogens is 484 g/mol. The van der Waals surface area contributed by atoms with Gasteiger partial charge in [0, 0.05) is 24.3 Å². The number of unbranched alkanes of at least 4 members (excludes halogenated alkanes) is 1. The van der Waals surface area contributed by atoms with Crippen molar-refractivity contribution in [2.45, 2.75) is 78.3 Å². The zero-order valence-corrected chi connectivity index (χ0v) is 23.5. The zero-order chi connectivity index (χ0) is 28.2. The number of nitrogen functional groups attached to an aromatic ring is 1. The number of anilines is 2. The number of carboxylic acid groups (broad SMARTS) is 1. The molecule has 0 spiro atoms. The quantitative estimate of drug-likeness (QED) is 0.279. The normalized spacial score (nSPS) is 12.0. The van der Waals surface area contributed by atoms with E-state index in [1.165, 1.54) is 5.06 Å².